The molecule has 2 aromatic rings. The first-order valence-electron chi connectivity index (χ1n) is 10.1. The molecule has 4 heteroatoms. The Morgan fingerprint density at radius 3 is 2.29 bits per heavy atom. The number of amides is 1. The van der Waals surface area contributed by atoms with Gasteiger partial charge >= 0.3 is 5.97 Å². The van der Waals surface area contributed by atoms with E-state index in [0.717, 1.165) is 30.4 Å². The molecule has 0 spiro atoms. The van der Waals surface area contributed by atoms with E-state index in [9.17, 15) is 9.59 Å². The Balaban J connectivity index is 1.71. The summed E-state index contributed by atoms with van der Waals surface area (Å²) >= 11 is 0. The summed E-state index contributed by atoms with van der Waals surface area (Å²) in [6, 6.07) is 17.8. The van der Waals surface area contributed by atoms with Crippen molar-refractivity contribution in [2.24, 2.45) is 0 Å². The van der Waals surface area contributed by atoms with Gasteiger partial charge in [-0.15, -0.1) is 0 Å². The molecule has 148 valence electrons. The van der Waals surface area contributed by atoms with Crippen LogP contribution in [0.4, 0.5) is 0 Å². The van der Waals surface area contributed by atoms with Gasteiger partial charge < -0.3 is 9.64 Å². The van der Waals surface area contributed by atoms with Gasteiger partial charge in [-0.1, -0.05) is 48.5 Å². The van der Waals surface area contributed by atoms with Gasteiger partial charge in [0.25, 0.3) is 5.91 Å². The number of rotatable bonds is 5. The zero-order valence-electron chi connectivity index (χ0n) is 16.9. The van der Waals surface area contributed by atoms with E-state index in [-0.39, 0.29) is 18.0 Å². The second kappa shape index (κ2) is 9.05. The first-order valence-corrected chi connectivity index (χ1v) is 10.1. The lowest BCUT2D eigenvalue weighted by Gasteiger charge is -2.40. The molecule has 1 heterocycles. The van der Waals surface area contributed by atoms with Crippen LogP contribution in [0.1, 0.15) is 61.5 Å². The molecule has 0 N–H and O–H groups in total. The molecule has 2 aromatic carbocycles. The summed E-state index contributed by atoms with van der Waals surface area (Å²) in [6.07, 6.45) is 2.98. The minimum Gasteiger partial charge on any atom is -0.449 e. The van der Waals surface area contributed by atoms with Crippen molar-refractivity contribution in [1.82, 2.24) is 4.90 Å². The highest BCUT2D eigenvalue weighted by Crippen LogP contribution is 2.24. The predicted octanol–water partition coefficient (Wildman–Crippen LogP) is 4.61. The van der Waals surface area contributed by atoms with E-state index >= 15 is 0 Å². The van der Waals surface area contributed by atoms with Gasteiger partial charge in [0.15, 0.2) is 6.10 Å². The molecule has 0 aliphatic carbocycles. The molecule has 1 aliphatic heterocycles. The van der Waals surface area contributed by atoms with Crippen LogP contribution in [0.15, 0.2) is 54.6 Å². The minimum atomic E-state index is -0.791. The molecule has 1 aliphatic rings. The zero-order chi connectivity index (χ0) is 20.1. The minimum absolute atomic E-state index is 0.103. The van der Waals surface area contributed by atoms with Crippen LogP contribution >= 0.6 is 0 Å². The van der Waals surface area contributed by atoms with E-state index in [1.165, 1.54) is 0 Å². The summed E-state index contributed by atoms with van der Waals surface area (Å²) in [7, 11) is 0. The van der Waals surface area contributed by atoms with Gasteiger partial charge in [0.1, 0.15) is 0 Å². The second-order valence-corrected chi connectivity index (χ2v) is 7.74. The Kier molecular flexibility index (Phi) is 6.50. The van der Waals surface area contributed by atoms with Gasteiger partial charge in [0, 0.05) is 12.1 Å². The lowest BCUT2D eigenvalue weighted by molar-refractivity contribution is -0.146. The first kappa shape index (κ1) is 20.1. The predicted molar refractivity (Wildman–Crippen MR) is 110 cm³/mol. The number of carbonyl (C=O) groups is 2. The fourth-order valence-corrected chi connectivity index (χ4v) is 4.03. The van der Waals surface area contributed by atoms with Gasteiger partial charge in [0.2, 0.25) is 0 Å². The summed E-state index contributed by atoms with van der Waals surface area (Å²) in [4.78, 5) is 27.6. The summed E-state index contributed by atoms with van der Waals surface area (Å²) < 4.78 is 5.60. The van der Waals surface area contributed by atoms with Crippen LogP contribution in [-0.2, 0) is 16.0 Å². The Morgan fingerprint density at radius 1 is 1.00 bits per heavy atom. The van der Waals surface area contributed by atoms with Crippen molar-refractivity contribution in [2.75, 3.05) is 0 Å². The van der Waals surface area contributed by atoms with Crippen molar-refractivity contribution in [3.63, 3.8) is 0 Å². The Bertz CT molecular complexity index is 808. The fraction of sp³-hybridized carbons (Fsp3) is 0.417. The summed E-state index contributed by atoms with van der Waals surface area (Å²) in [5.41, 5.74) is 2.55. The van der Waals surface area contributed by atoms with E-state index in [1.54, 1.807) is 13.0 Å². The molecular weight excluding hydrogens is 350 g/mol. The van der Waals surface area contributed by atoms with E-state index in [2.05, 4.69) is 13.8 Å². The van der Waals surface area contributed by atoms with Gasteiger partial charge in [-0.2, -0.15) is 0 Å². The molecule has 0 aromatic heterocycles. The lowest BCUT2D eigenvalue weighted by Crippen LogP contribution is -2.51. The number of likely N-dealkylation sites (tertiary alicyclic amines) is 1. The summed E-state index contributed by atoms with van der Waals surface area (Å²) in [5, 5.41) is 0. The molecule has 0 radical (unpaired) electrons. The smallest absolute Gasteiger partial charge is 0.339 e. The summed E-state index contributed by atoms with van der Waals surface area (Å²) in [6.45, 7) is 5.81. The maximum atomic E-state index is 12.9. The van der Waals surface area contributed by atoms with Crippen molar-refractivity contribution >= 4 is 11.9 Å². The maximum Gasteiger partial charge on any atom is 0.339 e. The molecule has 3 rings (SSSR count). The van der Waals surface area contributed by atoms with E-state index in [4.69, 9.17) is 4.74 Å². The third-order valence-corrected chi connectivity index (χ3v) is 5.55. The van der Waals surface area contributed by atoms with Crippen LogP contribution in [0.3, 0.4) is 0 Å². The van der Waals surface area contributed by atoms with Crippen LogP contribution in [0.2, 0.25) is 0 Å². The molecule has 3 atom stereocenters. The third kappa shape index (κ3) is 4.61. The number of benzene rings is 2. The number of carbonyl (C=O) groups excluding carboxylic acids is 2. The summed E-state index contributed by atoms with van der Waals surface area (Å²) in [5.74, 6) is -0.543. The van der Waals surface area contributed by atoms with Crippen LogP contribution in [0.5, 0.6) is 0 Å². The van der Waals surface area contributed by atoms with Crippen molar-refractivity contribution in [1.29, 1.82) is 0 Å². The van der Waals surface area contributed by atoms with Crippen LogP contribution < -0.4 is 0 Å². The van der Waals surface area contributed by atoms with E-state index in [1.807, 2.05) is 53.4 Å². The Morgan fingerprint density at radius 2 is 1.61 bits per heavy atom. The largest absolute Gasteiger partial charge is 0.449 e. The highest BCUT2D eigenvalue weighted by Gasteiger charge is 2.33. The molecule has 28 heavy (non-hydrogen) atoms. The van der Waals surface area contributed by atoms with Crippen LogP contribution in [-0.4, -0.2) is 35.0 Å². The number of nitrogens with zero attached hydrogens (tertiary/aromatic N) is 1. The molecule has 4 nitrogen and oxygen atoms in total. The Hall–Kier alpha value is -2.62. The van der Waals surface area contributed by atoms with Gasteiger partial charge in [-0.25, -0.2) is 4.79 Å². The quantitative estimate of drug-likeness (QED) is 0.713. The molecule has 0 saturated carbocycles. The van der Waals surface area contributed by atoms with Crippen molar-refractivity contribution < 1.29 is 14.3 Å². The fourth-order valence-electron chi connectivity index (χ4n) is 4.03. The molecule has 1 fully saturated rings. The van der Waals surface area contributed by atoms with E-state index in [0.29, 0.717) is 12.0 Å². The second-order valence-electron chi connectivity index (χ2n) is 7.74. The van der Waals surface area contributed by atoms with Crippen LogP contribution in [0, 0.1) is 0 Å². The van der Waals surface area contributed by atoms with Gasteiger partial charge in [0.05, 0.1) is 5.56 Å². The number of hydrogen-bond donors (Lipinski definition) is 0. The third-order valence-electron chi connectivity index (χ3n) is 5.55. The average molecular weight is 380 g/mol. The van der Waals surface area contributed by atoms with E-state index < -0.39 is 12.1 Å². The average Bonchev–Trinajstić information content (AvgIpc) is 2.69. The number of esters is 1. The number of hydrogen-bond acceptors (Lipinski definition) is 3. The monoisotopic (exact) mass is 379 g/mol. The maximum absolute atomic E-state index is 12.9. The molecule has 0 unspecified atom stereocenters. The van der Waals surface area contributed by atoms with Crippen LogP contribution in [0.25, 0.3) is 0 Å². The van der Waals surface area contributed by atoms with Gasteiger partial charge in [-0.05, 0) is 63.6 Å². The lowest BCUT2D eigenvalue weighted by atomic mass is 9.97. The van der Waals surface area contributed by atoms with Gasteiger partial charge in [-0.3, -0.25) is 4.79 Å². The van der Waals surface area contributed by atoms with Crippen molar-refractivity contribution in [3.8, 4) is 0 Å². The zero-order valence-corrected chi connectivity index (χ0v) is 16.9. The highest BCUT2D eigenvalue weighted by molar-refractivity contribution is 5.93. The SMILES string of the molecule is C[C@@H](OC(=O)c1ccccc1Cc1ccccc1)C(=O)N1[C@@H](C)CCC[C@@H]1C. The molecule has 1 saturated heterocycles. The first-order chi connectivity index (χ1) is 13.5. The standard InChI is InChI=1S/C24H29NO3/c1-17-10-9-11-18(2)25(17)23(26)19(3)28-24(27)22-15-8-7-14-21(22)16-20-12-5-4-6-13-20/h4-8,12-15,17-19H,9-11,16H2,1-3H3/t17-,18-,19+/m0/s1. The normalized spacial score (nSPS) is 20.5. The molecule has 0 bridgehead atoms. The number of piperidine rings is 1. The highest BCUT2D eigenvalue weighted by atomic mass is 16.5. The number of ether oxygens (including phenoxy) is 1. The topological polar surface area (TPSA) is 46.6 Å². The molecule has 1 amide bonds. The molecular formula is C24H29NO3. The van der Waals surface area contributed by atoms with Crippen molar-refractivity contribution in [3.05, 3.63) is 71.3 Å². The van der Waals surface area contributed by atoms with Crippen molar-refractivity contribution in [2.45, 2.75) is 64.6 Å². The Labute approximate surface area is 167 Å².